The van der Waals surface area contributed by atoms with Gasteiger partial charge in [-0.15, -0.1) is 13.2 Å². The van der Waals surface area contributed by atoms with Gasteiger partial charge in [0.25, 0.3) is 0 Å². The Bertz CT molecular complexity index is 414. The highest BCUT2D eigenvalue weighted by atomic mass is 35.5. The summed E-state index contributed by atoms with van der Waals surface area (Å²) in [4.78, 5) is 2.35. The van der Waals surface area contributed by atoms with Gasteiger partial charge < -0.3 is 4.74 Å². The summed E-state index contributed by atoms with van der Waals surface area (Å²) in [5, 5.41) is 2.90. The Morgan fingerprint density at radius 2 is 2.07 bits per heavy atom. The minimum absolute atomic E-state index is 0.116. The van der Waals surface area contributed by atoms with Crippen molar-refractivity contribution in [3.63, 3.8) is 0 Å². The second-order valence-corrected chi connectivity index (χ2v) is 2.73. The van der Waals surface area contributed by atoms with E-state index in [1.807, 2.05) is 0 Å². The van der Waals surface area contributed by atoms with E-state index in [1.165, 1.54) is 12.1 Å². The number of nitrogens with zero attached hydrogens (tertiary/aromatic N) is 3. The van der Waals surface area contributed by atoms with Gasteiger partial charge in [0.15, 0.2) is 0 Å². The number of ether oxygens (including phenoxy) is 1. The molecule has 0 saturated heterocycles. The topological polar surface area (TPSA) is 58.0 Å². The second kappa shape index (κ2) is 4.29. The van der Waals surface area contributed by atoms with Crippen molar-refractivity contribution >= 4 is 17.3 Å². The molecular weight excluding hydrogens is 235 g/mol. The Hall–Kier alpha value is -1.59. The predicted molar refractivity (Wildman–Crippen MR) is 46.9 cm³/mol. The van der Waals surface area contributed by atoms with Crippen molar-refractivity contribution in [1.82, 2.24) is 0 Å². The van der Waals surface area contributed by atoms with Crippen molar-refractivity contribution in [2.24, 2.45) is 5.11 Å². The third-order valence-electron chi connectivity index (χ3n) is 1.32. The molecule has 1 aromatic rings. The molecule has 0 aliphatic carbocycles. The van der Waals surface area contributed by atoms with Crippen LogP contribution in [0.2, 0.25) is 5.02 Å². The van der Waals surface area contributed by atoms with E-state index in [4.69, 9.17) is 17.1 Å². The molecule has 0 saturated carbocycles. The van der Waals surface area contributed by atoms with E-state index in [-0.39, 0.29) is 10.7 Å². The Kier molecular flexibility index (Phi) is 3.28. The molecule has 0 aliphatic heterocycles. The van der Waals surface area contributed by atoms with E-state index in [9.17, 15) is 13.2 Å². The number of hydrogen-bond acceptors (Lipinski definition) is 2. The first kappa shape index (κ1) is 11.5. The van der Waals surface area contributed by atoms with Crippen molar-refractivity contribution in [3.8, 4) is 5.75 Å². The van der Waals surface area contributed by atoms with Gasteiger partial charge in [0, 0.05) is 4.91 Å². The number of halogens is 4. The van der Waals surface area contributed by atoms with E-state index < -0.39 is 12.1 Å². The Morgan fingerprint density at radius 3 is 2.60 bits per heavy atom. The summed E-state index contributed by atoms with van der Waals surface area (Å²) in [6.07, 6.45) is -4.86. The van der Waals surface area contributed by atoms with E-state index in [2.05, 4.69) is 14.8 Å². The van der Waals surface area contributed by atoms with Gasteiger partial charge in [0.05, 0.1) is 10.7 Å². The van der Waals surface area contributed by atoms with Gasteiger partial charge in [0.1, 0.15) is 5.75 Å². The van der Waals surface area contributed by atoms with Crippen molar-refractivity contribution in [2.75, 3.05) is 0 Å². The minimum atomic E-state index is -4.86. The van der Waals surface area contributed by atoms with Crippen molar-refractivity contribution < 1.29 is 17.9 Å². The number of rotatable bonds is 2. The number of alkyl halides is 3. The number of azide groups is 1. The lowest BCUT2D eigenvalue weighted by Crippen LogP contribution is -2.17. The van der Waals surface area contributed by atoms with Gasteiger partial charge in [-0.3, -0.25) is 0 Å². The van der Waals surface area contributed by atoms with E-state index in [1.54, 1.807) is 0 Å². The van der Waals surface area contributed by atoms with Crippen LogP contribution in [0.1, 0.15) is 0 Å². The molecule has 0 spiro atoms. The lowest BCUT2D eigenvalue weighted by atomic mass is 10.3. The first-order valence-corrected chi connectivity index (χ1v) is 3.91. The van der Waals surface area contributed by atoms with E-state index in [0.717, 1.165) is 6.07 Å². The molecule has 15 heavy (non-hydrogen) atoms. The van der Waals surface area contributed by atoms with Gasteiger partial charge in [-0.2, -0.15) is 0 Å². The van der Waals surface area contributed by atoms with Crippen LogP contribution >= 0.6 is 11.6 Å². The Morgan fingerprint density at radius 1 is 1.40 bits per heavy atom. The summed E-state index contributed by atoms with van der Waals surface area (Å²) < 4.78 is 39.3. The van der Waals surface area contributed by atoms with Crippen molar-refractivity contribution in [1.29, 1.82) is 0 Å². The maximum Gasteiger partial charge on any atom is 0.573 e. The zero-order chi connectivity index (χ0) is 11.5. The molecule has 0 aliphatic rings. The Labute approximate surface area is 86.8 Å². The molecule has 0 fully saturated rings. The molecule has 8 heteroatoms. The molecule has 0 bridgehead atoms. The highest BCUT2D eigenvalue weighted by Crippen LogP contribution is 2.37. The van der Waals surface area contributed by atoms with Crippen LogP contribution in [0.4, 0.5) is 18.9 Å². The van der Waals surface area contributed by atoms with Crippen molar-refractivity contribution in [3.05, 3.63) is 33.7 Å². The van der Waals surface area contributed by atoms with Gasteiger partial charge in [-0.05, 0) is 17.7 Å². The third-order valence-corrected chi connectivity index (χ3v) is 1.63. The molecule has 1 rings (SSSR count). The quantitative estimate of drug-likeness (QED) is 0.432. The van der Waals surface area contributed by atoms with Gasteiger partial charge >= 0.3 is 6.36 Å². The van der Waals surface area contributed by atoms with Crippen molar-refractivity contribution in [2.45, 2.75) is 6.36 Å². The fourth-order valence-corrected chi connectivity index (χ4v) is 1.05. The summed E-state index contributed by atoms with van der Waals surface area (Å²) in [6.45, 7) is 0. The first-order chi connectivity index (χ1) is 6.94. The van der Waals surface area contributed by atoms with Gasteiger partial charge in [-0.1, -0.05) is 22.8 Å². The average molecular weight is 238 g/mol. The highest BCUT2D eigenvalue weighted by molar-refractivity contribution is 6.33. The summed E-state index contributed by atoms with van der Waals surface area (Å²) in [6, 6.07) is 3.54. The highest BCUT2D eigenvalue weighted by Gasteiger charge is 2.32. The van der Waals surface area contributed by atoms with E-state index >= 15 is 0 Å². The maximum atomic E-state index is 11.9. The minimum Gasteiger partial charge on any atom is -0.405 e. The molecule has 0 N–H and O–H groups in total. The summed E-state index contributed by atoms with van der Waals surface area (Å²) in [5.41, 5.74) is 7.74. The van der Waals surface area contributed by atoms with Crippen LogP contribution in [-0.4, -0.2) is 6.36 Å². The SMILES string of the molecule is [N-]=[N+]=Nc1c(Cl)cccc1OC(F)(F)F. The fraction of sp³-hybridized carbons (Fsp3) is 0.143. The van der Waals surface area contributed by atoms with Crippen LogP contribution in [0.3, 0.4) is 0 Å². The molecule has 0 aromatic heterocycles. The largest absolute Gasteiger partial charge is 0.573 e. The zero-order valence-corrected chi connectivity index (χ0v) is 7.75. The molecular formula is C7H3ClF3N3O. The normalized spacial score (nSPS) is 10.7. The van der Waals surface area contributed by atoms with Gasteiger partial charge in [0.2, 0.25) is 0 Å². The molecule has 1 aromatic carbocycles. The van der Waals surface area contributed by atoms with Gasteiger partial charge in [-0.25, -0.2) is 0 Å². The summed E-state index contributed by atoms with van der Waals surface area (Å²) >= 11 is 5.52. The van der Waals surface area contributed by atoms with Crippen LogP contribution in [-0.2, 0) is 0 Å². The second-order valence-electron chi connectivity index (χ2n) is 2.32. The summed E-state index contributed by atoms with van der Waals surface area (Å²) in [5.74, 6) is -0.632. The number of benzene rings is 1. The average Bonchev–Trinajstić information content (AvgIpc) is 2.08. The monoisotopic (exact) mass is 237 g/mol. The predicted octanol–water partition coefficient (Wildman–Crippen LogP) is 4.18. The maximum absolute atomic E-state index is 11.9. The zero-order valence-electron chi connectivity index (χ0n) is 6.99. The van der Waals surface area contributed by atoms with Crippen LogP contribution in [0, 0.1) is 0 Å². The van der Waals surface area contributed by atoms with E-state index in [0.29, 0.717) is 0 Å². The lowest BCUT2D eigenvalue weighted by Gasteiger charge is -2.11. The van der Waals surface area contributed by atoms with Crippen LogP contribution in [0.15, 0.2) is 23.3 Å². The Balaban J connectivity index is 3.17. The number of hydrogen-bond donors (Lipinski definition) is 0. The first-order valence-electron chi connectivity index (χ1n) is 3.53. The molecule has 0 radical (unpaired) electrons. The summed E-state index contributed by atoms with van der Waals surface area (Å²) in [7, 11) is 0. The molecule has 0 heterocycles. The van der Waals surface area contributed by atoms with Crippen LogP contribution < -0.4 is 4.74 Å². The smallest absolute Gasteiger partial charge is 0.405 e. The molecule has 80 valence electrons. The molecule has 4 nitrogen and oxygen atoms in total. The van der Waals surface area contributed by atoms with Crippen LogP contribution in [0.25, 0.3) is 10.4 Å². The molecule has 0 amide bonds. The lowest BCUT2D eigenvalue weighted by molar-refractivity contribution is -0.274. The molecule has 0 atom stereocenters. The third kappa shape index (κ3) is 3.23. The fourth-order valence-electron chi connectivity index (χ4n) is 0.844. The molecule has 0 unspecified atom stereocenters. The van der Waals surface area contributed by atoms with Crippen LogP contribution in [0.5, 0.6) is 5.75 Å². The standard InChI is InChI=1S/C7H3ClF3N3O/c8-4-2-1-3-5(6(4)13-14-12)15-7(9,10)11/h1-3H.